The van der Waals surface area contributed by atoms with Crippen LogP contribution in [0.4, 0.5) is 5.82 Å². The van der Waals surface area contributed by atoms with E-state index in [1.165, 1.54) is 5.57 Å². The van der Waals surface area contributed by atoms with Gasteiger partial charge in [-0.3, -0.25) is 14.8 Å². The molecule has 0 saturated carbocycles. The zero-order valence-corrected chi connectivity index (χ0v) is 15.0. The van der Waals surface area contributed by atoms with Crippen LogP contribution in [0.15, 0.2) is 79.3 Å². The monoisotopic (exact) mass is 366 g/mol. The van der Waals surface area contributed by atoms with Crippen molar-refractivity contribution in [2.24, 2.45) is 0 Å². The van der Waals surface area contributed by atoms with Crippen LogP contribution in [0.1, 0.15) is 28.6 Å². The molecule has 28 heavy (non-hydrogen) atoms. The van der Waals surface area contributed by atoms with E-state index in [9.17, 15) is 4.79 Å². The van der Waals surface area contributed by atoms with Gasteiger partial charge in [-0.15, -0.1) is 0 Å². The zero-order valence-electron chi connectivity index (χ0n) is 15.0. The lowest BCUT2D eigenvalue weighted by atomic mass is 9.99. The molecule has 0 spiro atoms. The van der Waals surface area contributed by atoms with E-state index < -0.39 is 0 Å². The van der Waals surface area contributed by atoms with E-state index in [4.69, 9.17) is 0 Å². The average Bonchev–Trinajstić information content (AvgIpc) is 3.17. The normalized spacial score (nSPS) is 12.5. The Morgan fingerprint density at radius 2 is 1.89 bits per heavy atom. The molecule has 0 atom stereocenters. The number of pyridine rings is 3. The quantitative estimate of drug-likeness (QED) is 0.579. The van der Waals surface area contributed by atoms with Crippen molar-refractivity contribution in [2.75, 3.05) is 5.32 Å². The third-order valence-electron chi connectivity index (χ3n) is 4.86. The van der Waals surface area contributed by atoms with Crippen molar-refractivity contribution >= 4 is 28.2 Å². The van der Waals surface area contributed by atoms with Gasteiger partial charge in [-0.2, -0.15) is 0 Å². The third kappa shape index (κ3) is 2.93. The molecule has 0 radical (unpaired) electrons. The lowest BCUT2D eigenvalue weighted by molar-refractivity contribution is 0.102. The Labute approximate surface area is 163 Å². The summed E-state index contributed by atoms with van der Waals surface area (Å²) < 4.78 is 0. The number of amides is 1. The van der Waals surface area contributed by atoms with Gasteiger partial charge in [0.25, 0.3) is 5.91 Å². The minimum atomic E-state index is -0.192. The maximum Gasteiger partial charge on any atom is 0.256 e. The molecule has 5 nitrogen and oxygen atoms in total. The molecule has 5 heteroatoms. The molecule has 1 amide bonds. The van der Waals surface area contributed by atoms with E-state index >= 15 is 0 Å². The third-order valence-corrected chi connectivity index (χ3v) is 4.86. The number of nitrogens with one attached hydrogen (secondary N) is 1. The SMILES string of the molecule is O=C(Nc1ccc2c(n1)CC=C2c1ccc2ncccc2c1)c1ccncc1.[HH]. The summed E-state index contributed by atoms with van der Waals surface area (Å²) in [5, 5.41) is 3.97. The Balaban J connectivity index is 0.00000205. The predicted octanol–water partition coefficient (Wildman–Crippen LogP) is 4.51. The standard InChI is InChI=1S/C23H16N4O.H2/c28-23(15-9-12-24-13-10-15)27-22-8-5-19-18(4-7-21(19)26-22)16-3-6-20-17(14-16)2-1-11-25-20;/h1-6,8-14H,7H2,(H,26,27,28);1H. The van der Waals surface area contributed by atoms with Gasteiger partial charge in [0.2, 0.25) is 0 Å². The molecule has 4 aromatic rings. The van der Waals surface area contributed by atoms with Gasteiger partial charge in [0.05, 0.1) is 11.2 Å². The largest absolute Gasteiger partial charge is 0.307 e. The van der Waals surface area contributed by atoms with E-state index in [1.807, 2.05) is 24.3 Å². The van der Waals surface area contributed by atoms with Crippen molar-refractivity contribution < 1.29 is 6.22 Å². The van der Waals surface area contributed by atoms with Gasteiger partial charge in [-0.05, 0) is 53.6 Å². The first kappa shape index (κ1) is 16.3. The Hall–Kier alpha value is -3.86. The van der Waals surface area contributed by atoms with Crippen molar-refractivity contribution in [1.82, 2.24) is 15.0 Å². The summed E-state index contributed by atoms with van der Waals surface area (Å²) in [6.45, 7) is 0. The minimum Gasteiger partial charge on any atom is -0.307 e. The van der Waals surface area contributed by atoms with Gasteiger partial charge in [0, 0.05) is 43.0 Å². The number of anilines is 1. The molecule has 1 aliphatic rings. The number of carbonyl (C=O) groups is 1. The second-order valence-electron chi connectivity index (χ2n) is 6.61. The average molecular weight is 366 g/mol. The molecule has 3 aromatic heterocycles. The number of benzene rings is 1. The number of nitrogens with zero attached hydrogens (tertiary/aromatic N) is 3. The van der Waals surface area contributed by atoms with Crippen LogP contribution in [0.5, 0.6) is 0 Å². The van der Waals surface area contributed by atoms with E-state index in [0.717, 1.165) is 34.1 Å². The van der Waals surface area contributed by atoms with Crippen molar-refractivity contribution in [3.63, 3.8) is 0 Å². The van der Waals surface area contributed by atoms with Crippen LogP contribution in [0.3, 0.4) is 0 Å². The number of carbonyl (C=O) groups excluding carboxylic acids is 1. The van der Waals surface area contributed by atoms with Crippen LogP contribution in [0.2, 0.25) is 0 Å². The van der Waals surface area contributed by atoms with Gasteiger partial charge in [-0.1, -0.05) is 18.2 Å². The highest BCUT2D eigenvalue weighted by molar-refractivity contribution is 6.03. The number of hydrogen-bond donors (Lipinski definition) is 1. The number of aromatic nitrogens is 3. The molecule has 1 aromatic carbocycles. The van der Waals surface area contributed by atoms with Crippen LogP contribution < -0.4 is 5.32 Å². The van der Waals surface area contributed by atoms with Gasteiger partial charge in [0.1, 0.15) is 5.82 Å². The molecular formula is C23H18N4O. The van der Waals surface area contributed by atoms with Crippen LogP contribution >= 0.6 is 0 Å². The molecular weight excluding hydrogens is 348 g/mol. The van der Waals surface area contributed by atoms with Crippen LogP contribution in [0, 0.1) is 0 Å². The summed E-state index contributed by atoms with van der Waals surface area (Å²) in [5.74, 6) is 0.362. The maximum atomic E-state index is 12.3. The summed E-state index contributed by atoms with van der Waals surface area (Å²) >= 11 is 0. The number of fused-ring (bicyclic) bond motifs is 2. The van der Waals surface area contributed by atoms with E-state index in [0.29, 0.717) is 11.4 Å². The van der Waals surface area contributed by atoms with Gasteiger partial charge >= 0.3 is 0 Å². The first-order valence-electron chi connectivity index (χ1n) is 9.05. The summed E-state index contributed by atoms with van der Waals surface area (Å²) in [4.78, 5) is 25.3. The van der Waals surface area contributed by atoms with Crippen LogP contribution in [-0.4, -0.2) is 20.9 Å². The molecule has 1 aliphatic carbocycles. The highest BCUT2D eigenvalue weighted by Gasteiger charge is 2.18. The Bertz CT molecular complexity index is 1240. The summed E-state index contributed by atoms with van der Waals surface area (Å²) in [5.41, 5.74) is 5.92. The lowest BCUT2D eigenvalue weighted by Gasteiger charge is -2.09. The summed E-state index contributed by atoms with van der Waals surface area (Å²) in [6.07, 6.45) is 7.93. The highest BCUT2D eigenvalue weighted by atomic mass is 16.1. The molecule has 0 bridgehead atoms. The fourth-order valence-corrected chi connectivity index (χ4v) is 3.49. The van der Waals surface area contributed by atoms with Crippen LogP contribution in [0.25, 0.3) is 16.5 Å². The topological polar surface area (TPSA) is 67.8 Å². The van der Waals surface area contributed by atoms with Gasteiger partial charge < -0.3 is 5.32 Å². The molecule has 0 aliphatic heterocycles. The zero-order chi connectivity index (χ0) is 18.9. The Morgan fingerprint density at radius 3 is 2.79 bits per heavy atom. The number of allylic oxidation sites excluding steroid dienone is 1. The van der Waals surface area contributed by atoms with E-state index in [-0.39, 0.29) is 7.33 Å². The fourth-order valence-electron chi connectivity index (χ4n) is 3.49. The molecule has 0 unspecified atom stereocenters. The molecule has 5 rings (SSSR count). The summed E-state index contributed by atoms with van der Waals surface area (Å²) in [7, 11) is 0. The number of rotatable bonds is 3. The smallest absolute Gasteiger partial charge is 0.256 e. The predicted molar refractivity (Wildman–Crippen MR) is 111 cm³/mol. The molecule has 0 fully saturated rings. The summed E-state index contributed by atoms with van der Waals surface area (Å²) in [6, 6.07) is 17.5. The van der Waals surface area contributed by atoms with Crippen LogP contribution in [-0.2, 0) is 6.42 Å². The first-order chi connectivity index (χ1) is 13.8. The van der Waals surface area contributed by atoms with Crippen molar-refractivity contribution in [2.45, 2.75) is 6.42 Å². The second kappa shape index (κ2) is 6.70. The molecule has 136 valence electrons. The Kier molecular flexibility index (Phi) is 3.91. The highest BCUT2D eigenvalue weighted by Crippen LogP contribution is 2.33. The first-order valence-corrected chi connectivity index (χ1v) is 9.05. The van der Waals surface area contributed by atoms with Gasteiger partial charge in [-0.25, -0.2) is 4.98 Å². The Morgan fingerprint density at radius 1 is 1.00 bits per heavy atom. The van der Waals surface area contributed by atoms with E-state index in [2.05, 4.69) is 44.5 Å². The minimum absolute atomic E-state index is 0. The lowest BCUT2D eigenvalue weighted by Crippen LogP contribution is -2.13. The van der Waals surface area contributed by atoms with E-state index in [1.54, 1.807) is 30.7 Å². The number of hydrogen-bond acceptors (Lipinski definition) is 4. The fraction of sp³-hybridized carbons (Fsp3) is 0.0435. The molecule has 3 heterocycles. The molecule has 1 N–H and O–H groups in total. The second-order valence-corrected chi connectivity index (χ2v) is 6.61. The van der Waals surface area contributed by atoms with Crippen molar-refractivity contribution in [1.29, 1.82) is 0 Å². The van der Waals surface area contributed by atoms with Crippen molar-refractivity contribution in [3.8, 4) is 0 Å². The molecule has 0 saturated heterocycles. The maximum absolute atomic E-state index is 12.3. The van der Waals surface area contributed by atoms with Crippen molar-refractivity contribution in [3.05, 3.63) is 102 Å². The van der Waals surface area contributed by atoms with Gasteiger partial charge in [0.15, 0.2) is 0 Å².